The Hall–Kier alpha value is -0.110. The lowest BCUT2D eigenvalue weighted by Crippen LogP contribution is -1.86. The van der Waals surface area contributed by atoms with Crippen LogP contribution in [0.5, 0.6) is 0 Å². The lowest BCUT2D eigenvalue weighted by atomic mass is 10.2. The summed E-state index contributed by atoms with van der Waals surface area (Å²) in [6, 6.07) is 0. The highest BCUT2D eigenvalue weighted by Crippen LogP contribution is 2.02. The maximum Gasteiger partial charge on any atom is 0.0894 e. The van der Waals surface area contributed by atoms with Gasteiger partial charge in [-0.1, -0.05) is 19.3 Å². The molecule has 0 aromatic heterocycles. The summed E-state index contributed by atoms with van der Waals surface area (Å²) in [5.74, 6) is 0. The van der Waals surface area contributed by atoms with Crippen LogP contribution in [0.25, 0.3) is 0 Å². The standard InChI is InChI=1S/C8H16FO/c1-10-8-6-4-2-3-5-7-9/h1-8H2. The van der Waals surface area contributed by atoms with Crippen molar-refractivity contribution in [1.29, 1.82) is 0 Å². The molecule has 1 nitrogen and oxygen atoms in total. The van der Waals surface area contributed by atoms with Gasteiger partial charge in [-0.3, -0.25) is 4.39 Å². The van der Waals surface area contributed by atoms with E-state index < -0.39 is 0 Å². The van der Waals surface area contributed by atoms with Crippen LogP contribution in [-0.2, 0) is 4.74 Å². The summed E-state index contributed by atoms with van der Waals surface area (Å²) in [5.41, 5.74) is 0. The predicted octanol–water partition coefficient (Wildman–Crippen LogP) is 2.71. The topological polar surface area (TPSA) is 9.23 Å². The van der Waals surface area contributed by atoms with Crippen LogP contribution >= 0.6 is 0 Å². The molecule has 0 fully saturated rings. The summed E-state index contributed by atoms with van der Waals surface area (Å²) in [5, 5.41) is 0. The summed E-state index contributed by atoms with van der Waals surface area (Å²) in [4.78, 5) is 0. The first-order valence-electron chi connectivity index (χ1n) is 3.84. The Morgan fingerprint density at radius 3 is 2.20 bits per heavy atom. The fourth-order valence-corrected chi connectivity index (χ4v) is 0.829. The van der Waals surface area contributed by atoms with E-state index in [4.69, 9.17) is 0 Å². The molecule has 61 valence electrons. The molecule has 0 N–H and O–H groups in total. The molecule has 2 heteroatoms. The number of alkyl halides is 1. The molecule has 0 aliphatic carbocycles. The van der Waals surface area contributed by atoms with E-state index in [0.717, 1.165) is 32.3 Å². The molecule has 0 unspecified atom stereocenters. The third-order valence-corrected chi connectivity index (χ3v) is 1.42. The summed E-state index contributed by atoms with van der Waals surface area (Å²) in [7, 11) is 3.26. The van der Waals surface area contributed by atoms with Gasteiger partial charge in [0.15, 0.2) is 0 Å². The number of halogens is 1. The molecule has 0 saturated carbocycles. The van der Waals surface area contributed by atoms with Gasteiger partial charge < -0.3 is 4.74 Å². The fraction of sp³-hybridized carbons (Fsp3) is 0.875. The minimum Gasteiger partial charge on any atom is -0.379 e. The SMILES string of the molecule is [CH2]OCCCCCCCF. The van der Waals surface area contributed by atoms with Gasteiger partial charge in [0.1, 0.15) is 0 Å². The highest BCUT2D eigenvalue weighted by Gasteiger charge is 1.88. The van der Waals surface area contributed by atoms with Gasteiger partial charge in [0.2, 0.25) is 0 Å². The van der Waals surface area contributed by atoms with Gasteiger partial charge in [-0.2, -0.15) is 0 Å². The Balaban J connectivity index is 2.65. The van der Waals surface area contributed by atoms with Crippen LogP contribution in [0.15, 0.2) is 0 Å². The van der Waals surface area contributed by atoms with E-state index in [0.29, 0.717) is 6.42 Å². The van der Waals surface area contributed by atoms with Crippen molar-refractivity contribution in [1.82, 2.24) is 0 Å². The van der Waals surface area contributed by atoms with E-state index in [1.807, 2.05) is 0 Å². The highest BCUT2D eigenvalue weighted by molar-refractivity contribution is 4.42. The van der Waals surface area contributed by atoms with Crippen LogP contribution in [0.2, 0.25) is 0 Å². The Kier molecular flexibility index (Phi) is 8.79. The van der Waals surface area contributed by atoms with Gasteiger partial charge in [-0.05, 0) is 12.8 Å². The first-order chi connectivity index (χ1) is 4.91. The molecule has 0 atom stereocenters. The number of unbranched alkanes of at least 4 members (excludes halogenated alkanes) is 4. The molecule has 0 aromatic carbocycles. The largest absolute Gasteiger partial charge is 0.379 e. The van der Waals surface area contributed by atoms with Crippen molar-refractivity contribution in [2.24, 2.45) is 0 Å². The number of hydrogen-bond acceptors (Lipinski definition) is 1. The summed E-state index contributed by atoms with van der Waals surface area (Å²) < 4.78 is 16.2. The molecule has 0 aliphatic rings. The van der Waals surface area contributed by atoms with Crippen LogP contribution in [0.4, 0.5) is 4.39 Å². The quantitative estimate of drug-likeness (QED) is 0.503. The predicted molar refractivity (Wildman–Crippen MR) is 40.4 cm³/mol. The van der Waals surface area contributed by atoms with Gasteiger partial charge in [0.25, 0.3) is 0 Å². The molecular formula is C8H16FO. The van der Waals surface area contributed by atoms with Crippen molar-refractivity contribution >= 4 is 0 Å². The lowest BCUT2D eigenvalue weighted by molar-refractivity contribution is 0.233. The van der Waals surface area contributed by atoms with Gasteiger partial charge in [-0.25, -0.2) is 0 Å². The second-order valence-electron chi connectivity index (χ2n) is 2.36. The molecule has 0 heterocycles. The van der Waals surface area contributed by atoms with Gasteiger partial charge >= 0.3 is 0 Å². The second kappa shape index (κ2) is 8.89. The Labute approximate surface area is 62.6 Å². The zero-order chi connectivity index (χ0) is 7.66. The second-order valence-corrected chi connectivity index (χ2v) is 2.36. The normalized spacial score (nSPS) is 10.2. The molecule has 0 amide bonds. The maximum absolute atomic E-state index is 11.5. The maximum atomic E-state index is 11.5. The van der Waals surface area contributed by atoms with E-state index in [-0.39, 0.29) is 6.67 Å². The van der Waals surface area contributed by atoms with Crippen molar-refractivity contribution in [3.8, 4) is 0 Å². The minimum absolute atomic E-state index is 0.175. The van der Waals surface area contributed by atoms with E-state index in [9.17, 15) is 4.39 Å². The number of hydrogen-bond donors (Lipinski definition) is 0. The van der Waals surface area contributed by atoms with E-state index in [1.165, 1.54) is 0 Å². The van der Waals surface area contributed by atoms with Crippen LogP contribution < -0.4 is 0 Å². The number of ether oxygens (including phenoxy) is 1. The average molecular weight is 147 g/mol. The summed E-state index contributed by atoms with van der Waals surface area (Å²) in [6.07, 6.45) is 5.03. The Morgan fingerprint density at radius 1 is 1.00 bits per heavy atom. The zero-order valence-electron chi connectivity index (χ0n) is 6.44. The van der Waals surface area contributed by atoms with Gasteiger partial charge in [-0.15, -0.1) is 0 Å². The monoisotopic (exact) mass is 147 g/mol. The van der Waals surface area contributed by atoms with Crippen LogP contribution in [0.1, 0.15) is 32.1 Å². The summed E-state index contributed by atoms with van der Waals surface area (Å²) >= 11 is 0. The van der Waals surface area contributed by atoms with Gasteiger partial charge in [0, 0.05) is 6.61 Å². The van der Waals surface area contributed by atoms with E-state index in [1.54, 1.807) is 0 Å². The Bertz CT molecular complexity index is 49.2. The first-order valence-corrected chi connectivity index (χ1v) is 3.84. The Morgan fingerprint density at radius 2 is 1.60 bits per heavy atom. The molecule has 0 spiro atoms. The van der Waals surface area contributed by atoms with Crippen LogP contribution in [-0.4, -0.2) is 13.3 Å². The van der Waals surface area contributed by atoms with Gasteiger partial charge in [0.05, 0.1) is 13.8 Å². The highest BCUT2D eigenvalue weighted by atomic mass is 19.1. The number of rotatable bonds is 7. The molecule has 10 heavy (non-hydrogen) atoms. The third kappa shape index (κ3) is 7.89. The van der Waals surface area contributed by atoms with Crippen LogP contribution in [0, 0.1) is 7.11 Å². The molecule has 0 aromatic rings. The minimum atomic E-state index is -0.175. The molecule has 0 saturated heterocycles. The zero-order valence-corrected chi connectivity index (χ0v) is 6.44. The molecule has 0 aliphatic heterocycles. The van der Waals surface area contributed by atoms with E-state index in [2.05, 4.69) is 11.8 Å². The van der Waals surface area contributed by atoms with Crippen molar-refractivity contribution < 1.29 is 9.13 Å². The van der Waals surface area contributed by atoms with Crippen molar-refractivity contribution in [2.45, 2.75) is 32.1 Å². The smallest absolute Gasteiger partial charge is 0.0894 e. The third-order valence-electron chi connectivity index (χ3n) is 1.42. The first kappa shape index (κ1) is 9.89. The molecule has 1 radical (unpaired) electrons. The molecule has 0 rings (SSSR count). The summed E-state index contributed by atoms with van der Waals surface area (Å²) in [6.45, 7) is 0.557. The van der Waals surface area contributed by atoms with Crippen molar-refractivity contribution in [3.05, 3.63) is 7.11 Å². The van der Waals surface area contributed by atoms with Crippen molar-refractivity contribution in [2.75, 3.05) is 13.3 Å². The molecular weight excluding hydrogens is 131 g/mol. The van der Waals surface area contributed by atoms with E-state index >= 15 is 0 Å². The average Bonchev–Trinajstić information content (AvgIpc) is 1.97. The van der Waals surface area contributed by atoms with Crippen molar-refractivity contribution in [3.63, 3.8) is 0 Å². The molecule has 0 bridgehead atoms. The van der Waals surface area contributed by atoms with Crippen LogP contribution in [0.3, 0.4) is 0 Å². The fourth-order valence-electron chi connectivity index (χ4n) is 0.829. The lowest BCUT2D eigenvalue weighted by Gasteiger charge is -1.97.